The van der Waals surface area contributed by atoms with E-state index in [2.05, 4.69) is 10.2 Å². The van der Waals surface area contributed by atoms with Crippen molar-refractivity contribution >= 4 is 29.0 Å². The first-order chi connectivity index (χ1) is 8.16. The van der Waals surface area contributed by atoms with Crippen molar-refractivity contribution in [1.82, 2.24) is 15.1 Å². The molecule has 6 heteroatoms. The zero-order chi connectivity index (χ0) is 12.3. The molecule has 1 unspecified atom stereocenters. The maximum absolute atomic E-state index is 12.2. The van der Waals surface area contributed by atoms with E-state index in [9.17, 15) is 4.79 Å². The summed E-state index contributed by atoms with van der Waals surface area (Å²) in [7, 11) is 0. The maximum atomic E-state index is 12.2. The Hall–Kier alpha value is -0.620. The van der Waals surface area contributed by atoms with Crippen LogP contribution in [0.15, 0.2) is 4.34 Å². The third-order valence-corrected chi connectivity index (χ3v) is 4.81. The van der Waals surface area contributed by atoms with Crippen molar-refractivity contribution in [2.75, 3.05) is 13.1 Å². The minimum Gasteiger partial charge on any atom is -0.342 e. The number of aromatic nitrogens is 2. The van der Waals surface area contributed by atoms with Crippen LogP contribution in [0.3, 0.4) is 0 Å². The van der Waals surface area contributed by atoms with E-state index in [1.807, 2.05) is 18.7 Å². The predicted octanol–water partition coefficient (Wildman–Crippen LogP) is 2.34. The van der Waals surface area contributed by atoms with Gasteiger partial charge in [0.15, 0.2) is 4.34 Å². The number of piperidine rings is 1. The van der Waals surface area contributed by atoms with Gasteiger partial charge in [0.1, 0.15) is 5.01 Å². The second-order valence-electron chi connectivity index (χ2n) is 4.23. The SMILES string of the molecule is Cc1nnc(SC(C)C(=O)N2CCCCC2)s1. The van der Waals surface area contributed by atoms with Gasteiger partial charge in [-0.1, -0.05) is 23.1 Å². The van der Waals surface area contributed by atoms with E-state index >= 15 is 0 Å². The van der Waals surface area contributed by atoms with E-state index in [1.54, 1.807) is 11.3 Å². The largest absolute Gasteiger partial charge is 0.342 e. The Balaban J connectivity index is 1.90. The molecule has 0 aliphatic carbocycles. The van der Waals surface area contributed by atoms with Crippen LogP contribution in [0.2, 0.25) is 0 Å². The summed E-state index contributed by atoms with van der Waals surface area (Å²) >= 11 is 3.07. The zero-order valence-electron chi connectivity index (χ0n) is 10.2. The van der Waals surface area contributed by atoms with Gasteiger partial charge < -0.3 is 4.90 Å². The minimum atomic E-state index is -0.0551. The highest BCUT2D eigenvalue weighted by molar-refractivity contribution is 8.02. The monoisotopic (exact) mass is 271 g/mol. The van der Waals surface area contributed by atoms with Crippen LogP contribution in [0.25, 0.3) is 0 Å². The summed E-state index contributed by atoms with van der Waals surface area (Å²) < 4.78 is 0.889. The fourth-order valence-corrected chi connectivity index (χ4v) is 3.94. The lowest BCUT2D eigenvalue weighted by Gasteiger charge is -2.28. The lowest BCUT2D eigenvalue weighted by Crippen LogP contribution is -2.40. The molecule has 94 valence electrons. The summed E-state index contributed by atoms with van der Waals surface area (Å²) in [5, 5.41) is 8.90. The number of hydrogen-bond donors (Lipinski definition) is 0. The summed E-state index contributed by atoms with van der Waals surface area (Å²) in [6.07, 6.45) is 3.53. The average molecular weight is 271 g/mol. The molecule has 0 bridgehead atoms. The van der Waals surface area contributed by atoms with Crippen LogP contribution in [-0.4, -0.2) is 39.3 Å². The number of carbonyl (C=O) groups excluding carboxylic acids is 1. The Morgan fingerprint density at radius 3 is 2.65 bits per heavy atom. The van der Waals surface area contributed by atoms with Gasteiger partial charge in [-0.3, -0.25) is 4.79 Å². The van der Waals surface area contributed by atoms with Gasteiger partial charge in [-0.05, 0) is 33.1 Å². The van der Waals surface area contributed by atoms with Gasteiger partial charge in [-0.25, -0.2) is 0 Å². The molecule has 2 heterocycles. The summed E-state index contributed by atoms with van der Waals surface area (Å²) in [6, 6.07) is 0. The Morgan fingerprint density at radius 2 is 2.06 bits per heavy atom. The van der Waals surface area contributed by atoms with Gasteiger partial charge in [0.25, 0.3) is 0 Å². The molecule has 0 saturated carbocycles. The first-order valence-electron chi connectivity index (χ1n) is 5.92. The van der Waals surface area contributed by atoms with Crippen LogP contribution < -0.4 is 0 Å². The molecule has 1 aliphatic rings. The van der Waals surface area contributed by atoms with Crippen LogP contribution in [-0.2, 0) is 4.79 Å². The number of nitrogens with zero attached hydrogens (tertiary/aromatic N) is 3. The second-order valence-corrected chi connectivity index (χ2v) is 7.00. The Kier molecular flexibility index (Phi) is 4.39. The first kappa shape index (κ1) is 12.8. The lowest BCUT2D eigenvalue weighted by atomic mass is 10.1. The van der Waals surface area contributed by atoms with Crippen molar-refractivity contribution < 1.29 is 4.79 Å². The number of carbonyl (C=O) groups is 1. The van der Waals surface area contributed by atoms with Gasteiger partial charge >= 0.3 is 0 Å². The number of hydrogen-bond acceptors (Lipinski definition) is 5. The topological polar surface area (TPSA) is 46.1 Å². The molecule has 1 fully saturated rings. The van der Waals surface area contributed by atoms with Crippen LogP contribution >= 0.6 is 23.1 Å². The second kappa shape index (κ2) is 5.82. The van der Waals surface area contributed by atoms with Crippen molar-refractivity contribution in [1.29, 1.82) is 0 Å². The minimum absolute atomic E-state index is 0.0551. The lowest BCUT2D eigenvalue weighted by molar-refractivity contribution is -0.131. The summed E-state index contributed by atoms with van der Waals surface area (Å²) in [6.45, 7) is 5.72. The zero-order valence-corrected chi connectivity index (χ0v) is 11.8. The van der Waals surface area contributed by atoms with Gasteiger partial charge in [-0.15, -0.1) is 10.2 Å². The summed E-state index contributed by atoms with van der Waals surface area (Å²) in [5.74, 6) is 0.238. The first-order valence-corrected chi connectivity index (χ1v) is 7.62. The quantitative estimate of drug-likeness (QED) is 0.792. The molecular weight excluding hydrogens is 254 g/mol. The van der Waals surface area contributed by atoms with Crippen LogP contribution in [0, 0.1) is 6.92 Å². The third-order valence-electron chi connectivity index (χ3n) is 2.80. The Bertz CT molecular complexity index is 388. The standard InChI is InChI=1S/C11H17N3OS2/c1-8(16-11-13-12-9(2)17-11)10(15)14-6-4-3-5-7-14/h8H,3-7H2,1-2H3. The number of rotatable bonds is 3. The summed E-state index contributed by atoms with van der Waals surface area (Å²) in [4.78, 5) is 14.2. The van der Waals surface area contributed by atoms with E-state index in [0.29, 0.717) is 0 Å². The molecule has 1 aliphatic heterocycles. The van der Waals surface area contributed by atoms with E-state index in [1.165, 1.54) is 18.2 Å². The normalized spacial score (nSPS) is 18.1. The third kappa shape index (κ3) is 3.42. The van der Waals surface area contributed by atoms with Crippen LogP contribution in [0.1, 0.15) is 31.2 Å². The van der Waals surface area contributed by atoms with Crippen LogP contribution in [0.4, 0.5) is 0 Å². The van der Waals surface area contributed by atoms with Gasteiger partial charge in [0, 0.05) is 13.1 Å². The van der Waals surface area contributed by atoms with E-state index in [4.69, 9.17) is 0 Å². The molecule has 2 rings (SSSR count). The van der Waals surface area contributed by atoms with Crippen molar-refractivity contribution in [2.45, 2.75) is 42.7 Å². The van der Waals surface area contributed by atoms with Gasteiger partial charge in [0.05, 0.1) is 5.25 Å². The molecule has 1 aromatic heterocycles. The number of thioether (sulfide) groups is 1. The van der Waals surface area contributed by atoms with Crippen molar-refractivity contribution in [3.05, 3.63) is 5.01 Å². The smallest absolute Gasteiger partial charge is 0.235 e. The molecule has 1 atom stereocenters. The molecule has 0 N–H and O–H groups in total. The fraction of sp³-hybridized carbons (Fsp3) is 0.727. The van der Waals surface area contributed by atoms with Crippen LogP contribution in [0.5, 0.6) is 0 Å². The highest BCUT2D eigenvalue weighted by Gasteiger charge is 2.23. The highest BCUT2D eigenvalue weighted by Crippen LogP contribution is 2.27. The molecule has 17 heavy (non-hydrogen) atoms. The van der Waals surface area contributed by atoms with Crippen molar-refractivity contribution in [2.24, 2.45) is 0 Å². The fourth-order valence-electron chi connectivity index (χ4n) is 1.90. The predicted molar refractivity (Wildman–Crippen MR) is 70.4 cm³/mol. The molecule has 0 aromatic carbocycles. The van der Waals surface area contributed by atoms with Crippen molar-refractivity contribution in [3.63, 3.8) is 0 Å². The number of aryl methyl sites for hydroxylation is 1. The molecule has 4 nitrogen and oxygen atoms in total. The summed E-state index contributed by atoms with van der Waals surface area (Å²) in [5.41, 5.74) is 0. The van der Waals surface area contributed by atoms with Crippen molar-refractivity contribution in [3.8, 4) is 0 Å². The molecule has 1 amide bonds. The van der Waals surface area contributed by atoms with Gasteiger partial charge in [0.2, 0.25) is 5.91 Å². The molecule has 0 radical (unpaired) electrons. The van der Waals surface area contributed by atoms with E-state index in [0.717, 1.165) is 35.3 Å². The molecular formula is C11H17N3OS2. The van der Waals surface area contributed by atoms with E-state index in [-0.39, 0.29) is 11.2 Å². The molecule has 0 spiro atoms. The molecule has 1 aromatic rings. The Morgan fingerprint density at radius 1 is 1.35 bits per heavy atom. The van der Waals surface area contributed by atoms with E-state index < -0.39 is 0 Å². The molecule has 1 saturated heterocycles. The number of amides is 1. The Labute approximate surface area is 110 Å². The highest BCUT2D eigenvalue weighted by atomic mass is 32.2. The average Bonchev–Trinajstić information content (AvgIpc) is 2.75. The van der Waals surface area contributed by atoms with Gasteiger partial charge in [-0.2, -0.15) is 0 Å². The maximum Gasteiger partial charge on any atom is 0.235 e. The number of likely N-dealkylation sites (tertiary alicyclic amines) is 1.